The molecule has 16 heavy (non-hydrogen) atoms. The Labute approximate surface area is 96.2 Å². The van der Waals surface area contributed by atoms with E-state index < -0.39 is 6.10 Å². The number of rotatable bonds is 3. The van der Waals surface area contributed by atoms with Crippen LogP contribution in [0.15, 0.2) is 18.2 Å². The van der Waals surface area contributed by atoms with Gasteiger partial charge in [-0.05, 0) is 29.2 Å². The Morgan fingerprint density at radius 3 is 2.81 bits per heavy atom. The maximum atomic E-state index is 10.1. The highest BCUT2D eigenvalue weighted by molar-refractivity contribution is 5.40. The van der Waals surface area contributed by atoms with Crippen LogP contribution in [0.5, 0.6) is 5.75 Å². The number of aliphatic hydroxyl groups is 1. The second kappa shape index (κ2) is 4.44. The third-order valence-corrected chi connectivity index (χ3v) is 3.19. The van der Waals surface area contributed by atoms with Crippen molar-refractivity contribution in [2.24, 2.45) is 11.7 Å². The fourth-order valence-electron chi connectivity index (χ4n) is 1.98. The van der Waals surface area contributed by atoms with Gasteiger partial charge in [0.25, 0.3) is 0 Å². The average Bonchev–Trinajstić information content (AvgIpc) is 2.73. The van der Waals surface area contributed by atoms with Crippen molar-refractivity contribution in [1.82, 2.24) is 0 Å². The number of nitrogens with two attached hydrogens (primary N) is 1. The van der Waals surface area contributed by atoms with Crippen molar-refractivity contribution in [3.63, 3.8) is 0 Å². The van der Waals surface area contributed by atoms with E-state index in [4.69, 9.17) is 10.5 Å². The summed E-state index contributed by atoms with van der Waals surface area (Å²) in [6, 6.07) is 5.61. The summed E-state index contributed by atoms with van der Waals surface area (Å²) in [5.74, 6) is 1.20. The molecule has 2 rings (SSSR count). The lowest BCUT2D eigenvalue weighted by Crippen LogP contribution is -2.33. The first-order chi connectivity index (χ1) is 7.59. The molecule has 0 aromatic heterocycles. The van der Waals surface area contributed by atoms with Gasteiger partial charge in [-0.25, -0.2) is 0 Å². The van der Waals surface area contributed by atoms with E-state index in [-0.39, 0.29) is 12.0 Å². The molecule has 0 fully saturated rings. The lowest BCUT2D eigenvalue weighted by molar-refractivity contribution is 0.125. The normalized spacial score (nSPS) is 18.1. The Bertz CT molecular complexity index is 376. The van der Waals surface area contributed by atoms with Crippen LogP contribution in [0.2, 0.25) is 0 Å². The van der Waals surface area contributed by atoms with Gasteiger partial charge in [-0.2, -0.15) is 0 Å². The summed E-state index contributed by atoms with van der Waals surface area (Å²) in [5, 5.41) is 10.1. The zero-order chi connectivity index (χ0) is 11.7. The van der Waals surface area contributed by atoms with Crippen LogP contribution in [0, 0.1) is 5.92 Å². The Hall–Kier alpha value is -1.06. The molecule has 3 heteroatoms. The van der Waals surface area contributed by atoms with E-state index in [1.807, 2.05) is 32.0 Å². The van der Waals surface area contributed by atoms with E-state index in [1.165, 1.54) is 5.56 Å². The number of fused-ring (bicyclic) bond motifs is 1. The molecule has 88 valence electrons. The van der Waals surface area contributed by atoms with Gasteiger partial charge >= 0.3 is 0 Å². The predicted octanol–water partition coefficient (Wildman–Crippen LogP) is 1.64. The third-order valence-electron chi connectivity index (χ3n) is 3.19. The zero-order valence-corrected chi connectivity index (χ0v) is 9.81. The molecule has 3 N–H and O–H groups in total. The smallest absolute Gasteiger partial charge is 0.122 e. The fourth-order valence-corrected chi connectivity index (χ4v) is 1.98. The SMILES string of the molecule is CC(C)C(N)C(O)c1ccc2c(c1)CCO2. The van der Waals surface area contributed by atoms with Crippen molar-refractivity contribution >= 4 is 0 Å². The molecule has 1 aliphatic rings. The van der Waals surface area contributed by atoms with Crippen molar-refractivity contribution in [2.75, 3.05) is 6.61 Å². The van der Waals surface area contributed by atoms with Crippen LogP contribution < -0.4 is 10.5 Å². The molecule has 1 aliphatic heterocycles. The maximum Gasteiger partial charge on any atom is 0.122 e. The second-order valence-electron chi connectivity index (χ2n) is 4.73. The molecular weight excluding hydrogens is 202 g/mol. The third kappa shape index (κ3) is 2.06. The molecule has 0 radical (unpaired) electrons. The first kappa shape index (κ1) is 11.4. The van der Waals surface area contributed by atoms with Crippen LogP contribution >= 0.6 is 0 Å². The highest BCUT2D eigenvalue weighted by Gasteiger charge is 2.22. The predicted molar refractivity (Wildman–Crippen MR) is 63.4 cm³/mol. The topological polar surface area (TPSA) is 55.5 Å². The number of hydrogen-bond donors (Lipinski definition) is 2. The van der Waals surface area contributed by atoms with Crippen LogP contribution in [-0.4, -0.2) is 17.8 Å². The van der Waals surface area contributed by atoms with Gasteiger partial charge in [0.05, 0.1) is 12.7 Å². The van der Waals surface area contributed by atoms with E-state index in [2.05, 4.69) is 0 Å². The first-order valence-corrected chi connectivity index (χ1v) is 5.79. The minimum atomic E-state index is -0.592. The van der Waals surface area contributed by atoms with Crippen LogP contribution in [0.25, 0.3) is 0 Å². The van der Waals surface area contributed by atoms with Crippen LogP contribution in [0.3, 0.4) is 0 Å². The second-order valence-corrected chi connectivity index (χ2v) is 4.73. The van der Waals surface area contributed by atoms with Gasteiger partial charge in [0.15, 0.2) is 0 Å². The van der Waals surface area contributed by atoms with E-state index in [0.717, 1.165) is 24.3 Å². The monoisotopic (exact) mass is 221 g/mol. The molecule has 0 amide bonds. The standard InChI is InChI=1S/C13H19NO2/c1-8(2)12(14)13(15)10-3-4-11-9(7-10)5-6-16-11/h3-4,7-8,12-13,15H,5-6,14H2,1-2H3. The van der Waals surface area contributed by atoms with Gasteiger partial charge in [-0.15, -0.1) is 0 Å². The lowest BCUT2D eigenvalue weighted by atomic mass is 9.93. The molecule has 0 aliphatic carbocycles. The zero-order valence-electron chi connectivity index (χ0n) is 9.81. The molecule has 0 bridgehead atoms. The van der Waals surface area contributed by atoms with Crippen LogP contribution in [0.1, 0.15) is 31.1 Å². The summed E-state index contributed by atoms with van der Waals surface area (Å²) in [6.07, 6.45) is 0.332. The summed E-state index contributed by atoms with van der Waals surface area (Å²) >= 11 is 0. The molecule has 1 aromatic rings. The summed E-state index contributed by atoms with van der Waals surface area (Å²) in [5.41, 5.74) is 8.02. The first-order valence-electron chi connectivity index (χ1n) is 5.79. The van der Waals surface area contributed by atoms with Crippen LogP contribution in [-0.2, 0) is 6.42 Å². The Balaban J connectivity index is 2.21. The quantitative estimate of drug-likeness (QED) is 0.815. The Morgan fingerprint density at radius 2 is 2.12 bits per heavy atom. The molecule has 1 heterocycles. The van der Waals surface area contributed by atoms with E-state index >= 15 is 0 Å². The lowest BCUT2D eigenvalue weighted by Gasteiger charge is -2.22. The number of ether oxygens (including phenoxy) is 1. The van der Waals surface area contributed by atoms with Gasteiger partial charge in [0.2, 0.25) is 0 Å². The average molecular weight is 221 g/mol. The number of benzene rings is 1. The van der Waals surface area contributed by atoms with Crippen LogP contribution in [0.4, 0.5) is 0 Å². The molecule has 3 nitrogen and oxygen atoms in total. The molecule has 1 aromatic carbocycles. The van der Waals surface area contributed by atoms with Gasteiger partial charge in [-0.1, -0.05) is 19.9 Å². The van der Waals surface area contributed by atoms with Crippen molar-refractivity contribution in [3.05, 3.63) is 29.3 Å². The van der Waals surface area contributed by atoms with Gasteiger partial charge in [0, 0.05) is 12.5 Å². The number of aliphatic hydroxyl groups excluding tert-OH is 1. The van der Waals surface area contributed by atoms with Crippen molar-refractivity contribution in [2.45, 2.75) is 32.4 Å². The van der Waals surface area contributed by atoms with Gasteiger partial charge < -0.3 is 15.6 Å². The van der Waals surface area contributed by atoms with E-state index in [9.17, 15) is 5.11 Å². The van der Waals surface area contributed by atoms with Crippen molar-refractivity contribution in [3.8, 4) is 5.75 Å². The molecule has 2 unspecified atom stereocenters. The van der Waals surface area contributed by atoms with Crippen molar-refractivity contribution in [1.29, 1.82) is 0 Å². The largest absolute Gasteiger partial charge is 0.493 e. The molecular formula is C13H19NO2. The van der Waals surface area contributed by atoms with Gasteiger partial charge in [-0.3, -0.25) is 0 Å². The summed E-state index contributed by atoms with van der Waals surface area (Å²) in [6.45, 7) is 4.78. The summed E-state index contributed by atoms with van der Waals surface area (Å²) in [7, 11) is 0. The van der Waals surface area contributed by atoms with Crippen molar-refractivity contribution < 1.29 is 9.84 Å². The Morgan fingerprint density at radius 1 is 1.38 bits per heavy atom. The summed E-state index contributed by atoms with van der Waals surface area (Å²) < 4.78 is 5.43. The van der Waals surface area contributed by atoms with E-state index in [1.54, 1.807) is 0 Å². The molecule has 0 saturated heterocycles. The minimum absolute atomic E-state index is 0.222. The highest BCUT2D eigenvalue weighted by atomic mass is 16.5. The fraction of sp³-hybridized carbons (Fsp3) is 0.538. The molecule has 0 saturated carbocycles. The molecule has 2 atom stereocenters. The van der Waals surface area contributed by atoms with Gasteiger partial charge in [0.1, 0.15) is 5.75 Å². The highest BCUT2D eigenvalue weighted by Crippen LogP contribution is 2.29. The molecule has 0 spiro atoms. The minimum Gasteiger partial charge on any atom is -0.493 e. The maximum absolute atomic E-state index is 10.1. The number of hydrogen-bond acceptors (Lipinski definition) is 3. The van der Waals surface area contributed by atoms with E-state index in [0.29, 0.717) is 0 Å². The Kier molecular flexibility index (Phi) is 3.17. The summed E-state index contributed by atoms with van der Waals surface area (Å²) in [4.78, 5) is 0.